The fourth-order valence-electron chi connectivity index (χ4n) is 11.3. The third kappa shape index (κ3) is 4.22. The highest BCUT2D eigenvalue weighted by molar-refractivity contribution is 5.89. The van der Waals surface area contributed by atoms with E-state index < -0.39 is 4.92 Å². The van der Waals surface area contributed by atoms with Gasteiger partial charge in [0.2, 0.25) is 0 Å². The number of non-ortho nitro benzene ring substituents is 1. The molecule has 0 bridgehead atoms. The number of nitro groups is 1. The van der Waals surface area contributed by atoms with E-state index in [9.17, 15) is 14.9 Å². The molecular formula is C34H47NO6. The van der Waals surface area contributed by atoms with E-state index >= 15 is 0 Å². The first kappa shape index (κ1) is 27.8. The van der Waals surface area contributed by atoms with E-state index in [-0.39, 0.29) is 23.5 Å². The molecule has 0 radical (unpaired) electrons. The lowest BCUT2D eigenvalue weighted by atomic mass is 9.44. The van der Waals surface area contributed by atoms with Crippen molar-refractivity contribution in [1.29, 1.82) is 0 Å². The fourth-order valence-corrected chi connectivity index (χ4v) is 11.3. The van der Waals surface area contributed by atoms with Gasteiger partial charge in [0.05, 0.1) is 23.2 Å². The smallest absolute Gasteiger partial charge is 0.338 e. The normalized spacial score (nSPS) is 48.5. The highest BCUT2D eigenvalue weighted by Gasteiger charge is 2.69. The third-order valence-electron chi connectivity index (χ3n) is 13.5. The Hall–Kier alpha value is -1.99. The molecule has 0 unspecified atom stereocenters. The van der Waals surface area contributed by atoms with Gasteiger partial charge in [-0.1, -0.05) is 27.7 Å². The summed E-state index contributed by atoms with van der Waals surface area (Å²) in [5.74, 6) is 3.78. The molecule has 12 atom stereocenters. The van der Waals surface area contributed by atoms with Crippen LogP contribution in [0.1, 0.15) is 102 Å². The summed E-state index contributed by atoms with van der Waals surface area (Å²) in [5.41, 5.74) is 1.01. The van der Waals surface area contributed by atoms with Crippen molar-refractivity contribution in [2.24, 2.45) is 52.3 Å². The summed E-state index contributed by atoms with van der Waals surface area (Å²) in [5, 5.41) is 11.0. The molecule has 7 nitrogen and oxygen atoms in total. The molecular weight excluding hydrogens is 518 g/mol. The lowest BCUT2D eigenvalue weighted by Crippen LogP contribution is -2.55. The molecule has 7 rings (SSSR count). The number of fused-ring (bicyclic) bond motifs is 7. The first-order valence-electron chi connectivity index (χ1n) is 16.3. The van der Waals surface area contributed by atoms with E-state index in [0.717, 1.165) is 50.0 Å². The molecule has 0 aromatic heterocycles. The van der Waals surface area contributed by atoms with E-state index in [1.165, 1.54) is 62.8 Å². The van der Waals surface area contributed by atoms with Gasteiger partial charge in [0.15, 0.2) is 5.79 Å². The first-order valence-corrected chi connectivity index (χ1v) is 16.3. The van der Waals surface area contributed by atoms with Crippen LogP contribution in [0.3, 0.4) is 0 Å². The Morgan fingerprint density at radius 1 is 0.951 bits per heavy atom. The van der Waals surface area contributed by atoms with Crippen LogP contribution in [0.25, 0.3) is 0 Å². The van der Waals surface area contributed by atoms with Crippen LogP contribution < -0.4 is 0 Å². The van der Waals surface area contributed by atoms with Gasteiger partial charge in [-0.3, -0.25) is 10.1 Å². The Morgan fingerprint density at radius 3 is 2.41 bits per heavy atom. The van der Waals surface area contributed by atoms with Crippen LogP contribution in [0.15, 0.2) is 24.3 Å². The maximum Gasteiger partial charge on any atom is 0.338 e. The molecule has 0 N–H and O–H groups in total. The lowest BCUT2D eigenvalue weighted by Gasteiger charge is -2.61. The van der Waals surface area contributed by atoms with Crippen molar-refractivity contribution >= 4 is 11.7 Å². The van der Waals surface area contributed by atoms with Gasteiger partial charge in [-0.15, -0.1) is 0 Å². The quantitative estimate of drug-likeness (QED) is 0.213. The lowest BCUT2D eigenvalue weighted by molar-refractivity contribution is -0.384. The van der Waals surface area contributed by atoms with Crippen molar-refractivity contribution in [3.8, 4) is 0 Å². The van der Waals surface area contributed by atoms with Crippen molar-refractivity contribution in [1.82, 2.24) is 0 Å². The number of esters is 1. The summed E-state index contributed by atoms with van der Waals surface area (Å²) in [6.07, 6.45) is 11.8. The number of carbonyl (C=O) groups excluding carboxylic acids is 1. The maximum absolute atomic E-state index is 12.9. The van der Waals surface area contributed by atoms with Gasteiger partial charge in [-0.25, -0.2) is 4.79 Å². The largest absolute Gasteiger partial charge is 0.459 e. The molecule has 2 heterocycles. The van der Waals surface area contributed by atoms with Crippen LogP contribution in [0, 0.1) is 62.4 Å². The molecule has 0 amide bonds. The fraction of sp³-hybridized carbons (Fsp3) is 0.794. The van der Waals surface area contributed by atoms with E-state index in [4.69, 9.17) is 14.2 Å². The number of ether oxygens (including phenoxy) is 3. The number of nitrogens with zero attached hydrogens (tertiary/aromatic N) is 1. The molecule has 224 valence electrons. The van der Waals surface area contributed by atoms with Crippen molar-refractivity contribution < 1.29 is 23.9 Å². The minimum atomic E-state index is -0.450. The highest BCUT2D eigenvalue weighted by Crippen LogP contribution is 2.71. The van der Waals surface area contributed by atoms with Crippen LogP contribution in [0.2, 0.25) is 0 Å². The number of hydrogen-bond acceptors (Lipinski definition) is 6. The molecule has 41 heavy (non-hydrogen) atoms. The number of rotatable bonds is 3. The van der Waals surface area contributed by atoms with E-state index in [1.54, 1.807) is 0 Å². The standard InChI is InChI=1S/C34H47NO6/c1-20-11-16-34(39-19-20)21(2)30-29(41-34)18-28-26-10-7-23-17-25(12-14-32(23,3)27(26)13-15-33(28,30)4)40-31(36)22-5-8-24(9-6-22)35(37)38/h5-6,8-9,20-21,23,25-30H,7,10-19H2,1-4H3/t20-,21-,23+,25+,26+,27-,28-,29-,30-,32-,33-,34+/m0/s1. The van der Waals surface area contributed by atoms with Crippen LogP contribution >= 0.6 is 0 Å². The Labute approximate surface area is 244 Å². The molecule has 1 spiro atoms. The Morgan fingerprint density at radius 2 is 1.71 bits per heavy atom. The molecule has 2 aliphatic heterocycles. The molecule has 4 saturated carbocycles. The number of nitro benzene ring substituents is 1. The Bertz CT molecular complexity index is 1190. The van der Waals surface area contributed by atoms with E-state index in [1.807, 2.05) is 0 Å². The zero-order valence-corrected chi connectivity index (χ0v) is 25.2. The van der Waals surface area contributed by atoms with Gasteiger partial charge < -0.3 is 14.2 Å². The zero-order valence-electron chi connectivity index (χ0n) is 25.2. The van der Waals surface area contributed by atoms with Crippen molar-refractivity contribution in [3.05, 3.63) is 39.9 Å². The summed E-state index contributed by atoms with van der Waals surface area (Å²) in [6.45, 7) is 10.7. The average molecular weight is 566 g/mol. The van der Waals surface area contributed by atoms with Crippen molar-refractivity contribution in [3.63, 3.8) is 0 Å². The maximum atomic E-state index is 12.9. The number of hydrogen-bond donors (Lipinski definition) is 0. The molecule has 6 aliphatic rings. The Balaban J connectivity index is 1.02. The summed E-state index contributed by atoms with van der Waals surface area (Å²) in [4.78, 5) is 23.4. The van der Waals surface area contributed by atoms with Gasteiger partial charge in [-0.05, 0) is 116 Å². The van der Waals surface area contributed by atoms with Crippen LogP contribution in [0.5, 0.6) is 0 Å². The van der Waals surface area contributed by atoms with Crippen LogP contribution in [0.4, 0.5) is 5.69 Å². The first-order chi connectivity index (χ1) is 19.5. The summed E-state index contributed by atoms with van der Waals surface area (Å²) in [7, 11) is 0. The van der Waals surface area contributed by atoms with Gasteiger partial charge in [-0.2, -0.15) is 0 Å². The van der Waals surface area contributed by atoms with E-state index in [2.05, 4.69) is 27.7 Å². The molecule has 6 fully saturated rings. The molecule has 1 aromatic carbocycles. The number of benzene rings is 1. The SMILES string of the molecule is C[C@H]1CC[C@@]2(OC1)O[C@H]1C[C@H]3[C@@H]4CC[C@@H]5C[C@H](OC(=O)c6ccc([N+](=O)[O-])cc6)CC[C@]5(C)[C@H]4CC[C@]3(C)[C@H]1[C@@H]2C. The van der Waals surface area contributed by atoms with Gasteiger partial charge in [0.25, 0.3) is 5.69 Å². The Kier molecular flexibility index (Phi) is 6.63. The predicted molar refractivity (Wildman–Crippen MR) is 154 cm³/mol. The van der Waals surface area contributed by atoms with Crippen molar-refractivity contribution in [2.45, 2.75) is 110 Å². The average Bonchev–Trinajstić information content (AvgIpc) is 3.40. The predicted octanol–water partition coefficient (Wildman–Crippen LogP) is 7.57. The topological polar surface area (TPSA) is 87.9 Å². The summed E-state index contributed by atoms with van der Waals surface area (Å²) in [6, 6.07) is 5.75. The summed E-state index contributed by atoms with van der Waals surface area (Å²) >= 11 is 0. The van der Waals surface area contributed by atoms with Crippen LogP contribution in [-0.4, -0.2) is 35.5 Å². The molecule has 7 heteroatoms. The zero-order chi connectivity index (χ0) is 28.7. The minimum absolute atomic E-state index is 0.0151. The van der Waals surface area contributed by atoms with Crippen molar-refractivity contribution in [2.75, 3.05) is 6.61 Å². The van der Waals surface area contributed by atoms with Gasteiger partial charge >= 0.3 is 5.97 Å². The molecule has 2 saturated heterocycles. The van der Waals surface area contributed by atoms with Crippen LogP contribution in [-0.2, 0) is 14.2 Å². The minimum Gasteiger partial charge on any atom is -0.459 e. The molecule has 4 aliphatic carbocycles. The third-order valence-corrected chi connectivity index (χ3v) is 13.5. The van der Waals surface area contributed by atoms with Gasteiger partial charge in [0.1, 0.15) is 6.10 Å². The second kappa shape index (κ2) is 9.77. The highest BCUT2D eigenvalue weighted by atomic mass is 16.7. The number of carbonyl (C=O) groups is 1. The van der Waals surface area contributed by atoms with E-state index in [0.29, 0.717) is 46.2 Å². The monoisotopic (exact) mass is 565 g/mol. The second-order valence-electron chi connectivity index (χ2n) is 15.3. The second-order valence-corrected chi connectivity index (χ2v) is 15.3. The summed E-state index contributed by atoms with van der Waals surface area (Å²) < 4.78 is 19.4. The molecule has 1 aromatic rings. The van der Waals surface area contributed by atoms with Gasteiger partial charge in [0, 0.05) is 24.5 Å².